The van der Waals surface area contributed by atoms with Crippen molar-refractivity contribution in [1.82, 2.24) is 5.32 Å². The molecule has 0 bridgehead atoms. The molecule has 0 spiro atoms. The van der Waals surface area contributed by atoms with Gasteiger partial charge in [-0.3, -0.25) is 14.6 Å². The average molecular weight is 385 g/mol. The fraction of sp³-hybridized carbons (Fsp3) is 0.471. The fourth-order valence-electron chi connectivity index (χ4n) is 2.40. The second kappa shape index (κ2) is 10.4. The summed E-state index contributed by atoms with van der Waals surface area (Å²) >= 11 is 1.24. The van der Waals surface area contributed by atoms with E-state index in [2.05, 4.69) is 10.3 Å². The van der Waals surface area contributed by atoms with Crippen LogP contribution in [-0.4, -0.2) is 42.6 Å². The molecular formula is C17H24N2O4S2. The number of amidine groups is 1. The molecule has 1 aromatic carbocycles. The quantitative estimate of drug-likeness (QED) is 0.763. The van der Waals surface area contributed by atoms with Gasteiger partial charge in [-0.15, -0.1) is 0 Å². The summed E-state index contributed by atoms with van der Waals surface area (Å²) in [7, 11) is 1.61. The van der Waals surface area contributed by atoms with Crippen molar-refractivity contribution in [1.29, 1.82) is 0 Å². The number of methoxy groups -OCH3 is 1. The SMILES string of the molecule is CCOC(=O)C1CN=C(NC(=O)[C@@H](CC)c2ccc(OC)cc2)S1.S. The third kappa shape index (κ3) is 5.67. The van der Waals surface area contributed by atoms with E-state index in [1.807, 2.05) is 31.2 Å². The van der Waals surface area contributed by atoms with Gasteiger partial charge in [0.15, 0.2) is 5.17 Å². The van der Waals surface area contributed by atoms with Gasteiger partial charge in [0.2, 0.25) is 5.91 Å². The molecule has 0 aliphatic carbocycles. The van der Waals surface area contributed by atoms with Crippen LogP contribution in [0.4, 0.5) is 0 Å². The minimum atomic E-state index is -0.374. The van der Waals surface area contributed by atoms with Gasteiger partial charge in [-0.1, -0.05) is 30.8 Å². The molecule has 1 N–H and O–H groups in total. The van der Waals surface area contributed by atoms with Crippen molar-refractivity contribution in [3.8, 4) is 5.75 Å². The Morgan fingerprint density at radius 2 is 2.00 bits per heavy atom. The molecule has 1 aliphatic heterocycles. The molecule has 2 atom stereocenters. The summed E-state index contributed by atoms with van der Waals surface area (Å²) < 4.78 is 10.1. The summed E-state index contributed by atoms with van der Waals surface area (Å²) in [6, 6.07) is 7.45. The molecular weight excluding hydrogens is 360 g/mol. The van der Waals surface area contributed by atoms with E-state index in [1.54, 1.807) is 14.0 Å². The first-order chi connectivity index (χ1) is 11.6. The van der Waals surface area contributed by atoms with Crippen molar-refractivity contribution in [3.05, 3.63) is 29.8 Å². The molecule has 0 saturated heterocycles. The Bertz CT molecular complexity index is 620. The second-order valence-corrected chi connectivity index (χ2v) is 6.42. The van der Waals surface area contributed by atoms with E-state index >= 15 is 0 Å². The molecule has 1 amide bonds. The first kappa shape index (κ1) is 21.4. The van der Waals surface area contributed by atoms with Gasteiger partial charge in [-0.05, 0) is 31.0 Å². The third-order valence-corrected chi connectivity index (χ3v) is 4.76. The molecule has 8 heteroatoms. The van der Waals surface area contributed by atoms with Crippen LogP contribution in [0.2, 0.25) is 0 Å². The molecule has 0 fully saturated rings. The monoisotopic (exact) mass is 384 g/mol. The molecule has 1 aromatic rings. The van der Waals surface area contributed by atoms with Gasteiger partial charge in [-0.25, -0.2) is 0 Å². The highest BCUT2D eigenvalue weighted by molar-refractivity contribution is 8.15. The number of hydrogen-bond donors (Lipinski definition) is 1. The Labute approximate surface area is 159 Å². The maximum atomic E-state index is 12.5. The van der Waals surface area contributed by atoms with Crippen molar-refractivity contribution < 1.29 is 19.1 Å². The zero-order valence-corrected chi connectivity index (χ0v) is 16.4. The first-order valence-corrected chi connectivity index (χ1v) is 8.79. The molecule has 138 valence electrons. The topological polar surface area (TPSA) is 77.0 Å². The predicted octanol–water partition coefficient (Wildman–Crippen LogP) is 2.45. The van der Waals surface area contributed by atoms with Crippen LogP contribution in [-0.2, 0) is 14.3 Å². The number of amides is 1. The van der Waals surface area contributed by atoms with E-state index in [0.29, 0.717) is 24.7 Å². The smallest absolute Gasteiger partial charge is 0.321 e. The van der Waals surface area contributed by atoms with E-state index in [1.165, 1.54) is 11.8 Å². The zero-order chi connectivity index (χ0) is 17.5. The van der Waals surface area contributed by atoms with Gasteiger partial charge in [0.25, 0.3) is 0 Å². The number of esters is 1. The van der Waals surface area contributed by atoms with Crippen LogP contribution in [0.1, 0.15) is 31.7 Å². The number of thioether (sulfide) groups is 1. The van der Waals surface area contributed by atoms with Crippen molar-refractivity contribution in [2.75, 3.05) is 20.3 Å². The molecule has 0 saturated carbocycles. The number of rotatable bonds is 6. The molecule has 1 heterocycles. The number of nitrogens with one attached hydrogen (secondary N) is 1. The van der Waals surface area contributed by atoms with Gasteiger partial charge >= 0.3 is 5.97 Å². The highest BCUT2D eigenvalue weighted by atomic mass is 32.2. The van der Waals surface area contributed by atoms with Gasteiger partial charge in [0.1, 0.15) is 11.0 Å². The summed E-state index contributed by atoms with van der Waals surface area (Å²) in [6.07, 6.45) is 0.664. The van der Waals surface area contributed by atoms with Gasteiger partial charge in [0, 0.05) is 0 Å². The summed E-state index contributed by atoms with van der Waals surface area (Å²) in [5.41, 5.74) is 0.918. The minimum absolute atomic E-state index is 0. The summed E-state index contributed by atoms with van der Waals surface area (Å²) in [4.78, 5) is 28.5. The predicted molar refractivity (Wildman–Crippen MR) is 105 cm³/mol. The van der Waals surface area contributed by atoms with Crippen molar-refractivity contribution in [2.45, 2.75) is 31.4 Å². The Morgan fingerprint density at radius 3 is 2.56 bits per heavy atom. The lowest BCUT2D eigenvalue weighted by molar-refractivity contribution is -0.142. The molecule has 25 heavy (non-hydrogen) atoms. The van der Waals surface area contributed by atoms with Gasteiger partial charge < -0.3 is 14.8 Å². The highest BCUT2D eigenvalue weighted by Crippen LogP contribution is 2.25. The molecule has 0 aromatic heterocycles. The number of hydrogen-bond acceptors (Lipinski definition) is 6. The number of carbonyl (C=O) groups excluding carboxylic acids is 2. The molecule has 1 aliphatic rings. The maximum absolute atomic E-state index is 12.5. The Morgan fingerprint density at radius 1 is 1.32 bits per heavy atom. The van der Waals surface area contributed by atoms with Gasteiger partial charge in [-0.2, -0.15) is 13.5 Å². The van der Waals surface area contributed by atoms with E-state index in [4.69, 9.17) is 9.47 Å². The lowest BCUT2D eigenvalue weighted by Gasteiger charge is -2.16. The first-order valence-electron chi connectivity index (χ1n) is 7.91. The van der Waals surface area contributed by atoms with Crippen LogP contribution < -0.4 is 10.1 Å². The van der Waals surface area contributed by atoms with Crippen LogP contribution in [0.25, 0.3) is 0 Å². The lowest BCUT2D eigenvalue weighted by atomic mass is 9.95. The third-order valence-electron chi connectivity index (χ3n) is 3.68. The number of nitrogens with zero attached hydrogens (tertiary/aromatic N) is 1. The largest absolute Gasteiger partial charge is 0.497 e. The average Bonchev–Trinajstić information content (AvgIpc) is 3.05. The fourth-order valence-corrected chi connectivity index (χ4v) is 3.29. The van der Waals surface area contributed by atoms with E-state index < -0.39 is 0 Å². The van der Waals surface area contributed by atoms with E-state index in [0.717, 1.165) is 11.3 Å². The number of ether oxygens (including phenoxy) is 2. The zero-order valence-electron chi connectivity index (χ0n) is 14.6. The van der Waals surface area contributed by atoms with Crippen LogP contribution in [0.15, 0.2) is 29.3 Å². The highest BCUT2D eigenvalue weighted by Gasteiger charge is 2.30. The van der Waals surface area contributed by atoms with Gasteiger partial charge in [0.05, 0.1) is 26.2 Å². The van der Waals surface area contributed by atoms with Crippen LogP contribution in [0, 0.1) is 0 Å². The van der Waals surface area contributed by atoms with Crippen LogP contribution in [0.3, 0.4) is 0 Å². The van der Waals surface area contributed by atoms with E-state index in [-0.39, 0.29) is 36.5 Å². The number of carbonyl (C=O) groups is 2. The maximum Gasteiger partial charge on any atom is 0.321 e. The second-order valence-electron chi connectivity index (χ2n) is 5.23. The van der Waals surface area contributed by atoms with E-state index in [9.17, 15) is 9.59 Å². The molecule has 6 nitrogen and oxygen atoms in total. The van der Waals surface area contributed by atoms with Crippen LogP contribution >= 0.6 is 25.3 Å². The van der Waals surface area contributed by atoms with Crippen molar-refractivity contribution in [2.24, 2.45) is 4.99 Å². The number of benzene rings is 1. The summed E-state index contributed by atoms with van der Waals surface area (Å²) in [5, 5.41) is 2.92. The Kier molecular flexibility index (Phi) is 8.85. The molecule has 2 rings (SSSR count). The lowest BCUT2D eigenvalue weighted by Crippen LogP contribution is -2.33. The minimum Gasteiger partial charge on any atom is -0.497 e. The van der Waals surface area contributed by atoms with Crippen molar-refractivity contribution >= 4 is 42.3 Å². The normalized spacial score (nSPS) is 17.1. The standard InChI is InChI=1S/C17H22N2O4S.H2S/c1-4-13(11-6-8-12(22-3)9-7-11)15(20)19-17-18-10-14(24-17)16(21)23-5-2;/h6-9,13-14H,4-5,10H2,1-3H3,(H,18,19,20);1H2/t13-,14?;/m0./s1. The summed E-state index contributed by atoms with van der Waals surface area (Å²) in [6.45, 7) is 4.40. The summed E-state index contributed by atoms with van der Waals surface area (Å²) in [5.74, 6) is 0.0546. The van der Waals surface area contributed by atoms with Crippen molar-refractivity contribution in [3.63, 3.8) is 0 Å². The number of aliphatic imine (C=N–C) groups is 1. The molecule has 1 unspecified atom stereocenters. The Hall–Kier alpha value is -1.67. The molecule has 0 radical (unpaired) electrons. The van der Waals surface area contributed by atoms with Crippen LogP contribution in [0.5, 0.6) is 5.75 Å². The Balaban J connectivity index is 0.00000312.